The highest BCUT2D eigenvalue weighted by Gasteiger charge is 2.05. The number of hydroxylamine groups is 1. The molecule has 14 heavy (non-hydrogen) atoms. The number of hydrogen-bond acceptors (Lipinski definition) is 2. The maximum atomic E-state index is 12.8. The zero-order valence-corrected chi connectivity index (χ0v) is 7.40. The fourth-order valence-corrected chi connectivity index (χ4v) is 0.968. The number of nitrogens with one attached hydrogen (secondary N) is 1. The van der Waals surface area contributed by atoms with Crippen molar-refractivity contribution in [3.63, 3.8) is 0 Å². The lowest BCUT2D eigenvalue weighted by Gasteiger charge is -1.96. The molecule has 4 heteroatoms. The molecule has 0 aliphatic rings. The molecule has 0 saturated carbocycles. The molecule has 0 spiro atoms. The van der Waals surface area contributed by atoms with Crippen LogP contribution in [-0.4, -0.2) is 11.1 Å². The predicted molar refractivity (Wildman–Crippen MR) is 49.3 cm³/mol. The maximum Gasteiger partial charge on any atom is 0.303 e. The molecule has 0 fully saturated rings. The van der Waals surface area contributed by atoms with Crippen molar-refractivity contribution in [1.29, 1.82) is 0 Å². The third-order valence-electron chi connectivity index (χ3n) is 1.68. The summed E-state index contributed by atoms with van der Waals surface area (Å²) in [6.45, 7) is 0. The summed E-state index contributed by atoms with van der Waals surface area (Å²) in [5.74, 6) is -2.11. The van der Waals surface area contributed by atoms with Crippen molar-refractivity contribution in [3.05, 3.63) is 47.8 Å². The lowest BCUT2D eigenvalue weighted by molar-refractivity contribution is -0.126. The van der Waals surface area contributed by atoms with E-state index < -0.39 is 11.7 Å². The Morgan fingerprint density at radius 2 is 2.07 bits per heavy atom. The molecule has 1 rings (SSSR count). The molecule has 1 amide bonds. The van der Waals surface area contributed by atoms with Crippen molar-refractivity contribution >= 4 is 5.91 Å². The van der Waals surface area contributed by atoms with Crippen LogP contribution in [0.3, 0.4) is 0 Å². The molecule has 1 aromatic carbocycles. The Balaban J connectivity index is 2.59. The Hall–Kier alpha value is -1.68. The number of carbonyl (C=O) groups is 1. The molecular weight excluding hydrogens is 185 g/mol. The van der Waals surface area contributed by atoms with Gasteiger partial charge in [-0.2, -0.15) is 0 Å². The summed E-state index contributed by atoms with van der Waals surface area (Å²) in [4.78, 5) is 10.5. The fourth-order valence-electron chi connectivity index (χ4n) is 0.968. The van der Waals surface area contributed by atoms with Crippen LogP contribution in [0.1, 0.15) is 5.56 Å². The Morgan fingerprint density at radius 3 is 2.64 bits per heavy atom. The van der Waals surface area contributed by atoms with Crippen LogP contribution < -0.4 is 5.48 Å². The van der Waals surface area contributed by atoms with E-state index in [1.54, 1.807) is 0 Å². The van der Waals surface area contributed by atoms with E-state index in [-0.39, 0.29) is 0 Å². The number of rotatable bonds is 3. The van der Waals surface area contributed by atoms with Crippen LogP contribution in [0.5, 0.6) is 0 Å². The summed E-state index contributed by atoms with van der Waals surface area (Å²) in [6.07, 6.45) is 1.43. The van der Waals surface area contributed by atoms with Gasteiger partial charge in [-0.1, -0.05) is 30.3 Å². The monoisotopic (exact) mass is 195 g/mol. The van der Waals surface area contributed by atoms with Crippen molar-refractivity contribution in [2.75, 3.05) is 0 Å². The third-order valence-corrected chi connectivity index (χ3v) is 1.68. The summed E-state index contributed by atoms with van der Waals surface area (Å²) in [7, 11) is 0. The van der Waals surface area contributed by atoms with E-state index in [2.05, 4.69) is 0 Å². The first-order chi connectivity index (χ1) is 6.74. The van der Waals surface area contributed by atoms with E-state index >= 15 is 0 Å². The zero-order chi connectivity index (χ0) is 10.4. The molecule has 0 aliphatic heterocycles. The lowest BCUT2D eigenvalue weighted by atomic mass is 10.1. The van der Waals surface area contributed by atoms with E-state index in [9.17, 15) is 9.18 Å². The van der Waals surface area contributed by atoms with Crippen LogP contribution in [0.4, 0.5) is 4.39 Å². The van der Waals surface area contributed by atoms with Gasteiger partial charge in [0.25, 0.3) is 0 Å². The zero-order valence-electron chi connectivity index (χ0n) is 7.40. The van der Waals surface area contributed by atoms with Crippen LogP contribution in [0.25, 0.3) is 0 Å². The summed E-state index contributed by atoms with van der Waals surface area (Å²) in [5, 5.41) is 8.12. The Morgan fingerprint density at radius 1 is 1.43 bits per heavy atom. The van der Waals surface area contributed by atoms with Gasteiger partial charge < -0.3 is 0 Å². The van der Waals surface area contributed by atoms with Gasteiger partial charge in [-0.15, -0.1) is 0 Å². The molecular formula is C10H10FNO2. The van der Waals surface area contributed by atoms with Gasteiger partial charge in [-0.25, -0.2) is 9.87 Å². The van der Waals surface area contributed by atoms with Crippen LogP contribution >= 0.6 is 0 Å². The summed E-state index contributed by atoms with van der Waals surface area (Å²) < 4.78 is 12.8. The van der Waals surface area contributed by atoms with E-state index in [1.165, 1.54) is 5.48 Å². The number of amides is 1. The third kappa shape index (κ3) is 2.99. The van der Waals surface area contributed by atoms with Crippen LogP contribution in [0.2, 0.25) is 0 Å². The molecule has 3 nitrogen and oxygen atoms in total. The highest BCUT2D eigenvalue weighted by Crippen LogP contribution is 2.04. The molecule has 0 aromatic heterocycles. The van der Waals surface area contributed by atoms with E-state index in [0.29, 0.717) is 6.42 Å². The molecule has 0 bridgehead atoms. The lowest BCUT2D eigenvalue weighted by Crippen LogP contribution is -2.18. The highest BCUT2D eigenvalue weighted by molar-refractivity contribution is 5.90. The number of halogens is 1. The minimum absolute atomic E-state index is 0.320. The van der Waals surface area contributed by atoms with Crippen LogP contribution in [0.15, 0.2) is 42.2 Å². The molecule has 0 aliphatic carbocycles. The van der Waals surface area contributed by atoms with E-state index in [1.807, 2.05) is 30.3 Å². The van der Waals surface area contributed by atoms with Crippen molar-refractivity contribution in [3.8, 4) is 0 Å². The van der Waals surface area contributed by atoms with Gasteiger partial charge in [0.1, 0.15) is 0 Å². The molecule has 0 radical (unpaired) electrons. The largest absolute Gasteiger partial charge is 0.303 e. The quantitative estimate of drug-likeness (QED) is 0.437. The molecule has 0 saturated heterocycles. The van der Waals surface area contributed by atoms with Crippen molar-refractivity contribution in [2.24, 2.45) is 0 Å². The second kappa shape index (κ2) is 5.14. The highest BCUT2D eigenvalue weighted by atomic mass is 19.1. The number of allylic oxidation sites excluding steroid dienone is 1. The average molecular weight is 195 g/mol. The first-order valence-corrected chi connectivity index (χ1v) is 4.08. The molecule has 74 valence electrons. The SMILES string of the molecule is O=C(NO)/C(F)=C/Cc1ccccc1. The summed E-state index contributed by atoms with van der Waals surface area (Å²) >= 11 is 0. The molecule has 1 aromatic rings. The first-order valence-electron chi connectivity index (χ1n) is 4.08. The fraction of sp³-hybridized carbons (Fsp3) is 0.100. The Bertz CT molecular complexity index is 335. The second-order valence-electron chi connectivity index (χ2n) is 2.68. The Kier molecular flexibility index (Phi) is 3.82. The maximum absolute atomic E-state index is 12.8. The van der Waals surface area contributed by atoms with E-state index in [0.717, 1.165) is 11.6 Å². The number of hydrogen-bond donors (Lipinski definition) is 2. The summed E-state index contributed by atoms with van der Waals surface area (Å²) in [5.41, 5.74) is 2.12. The predicted octanol–water partition coefficient (Wildman–Crippen LogP) is 1.59. The standard InChI is InChI=1S/C10H10FNO2/c11-9(10(13)12-14)7-6-8-4-2-1-3-5-8/h1-5,7,14H,6H2,(H,12,13)/b9-7-. The minimum Gasteiger partial charge on any atom is -0.288 e. The van der Waals surface area contributed by atoms with Crippen molar-refractivity contribution in [1.82, 2.24) is 5.48 Å². The average Bonchev–Trinajstić information content (AvgIpc) is 2.26. The van der Waals surface area contributed by atoms with Gasteiger partial charge in [0.05, 0.1) is 0 Å². The van der Waals surface area contributed by atoms with Crippen molar-refractivity contribution < 1.29 is 14.4 Å². The topological polar surface area (TPSA) is 49.3 Å². The van der Waals surface area contributed by atoms with Gasteiger partial charge >= 0.3 is 5.91 Å². The molecule has 2 N–H and O–H groups in total. The van der Waals surface area contributed by atoms with Gasteiger partial charge in [0.15, 0.2) is 5.83 Å². The second-order valence-corrected chi connectivity index (χ2v) is 2.68. The number of carbonyl (C=O) groups excluding carboxylic acids is 1. The van der Waals surface area contributed by atoms with Gasteiger partial charge in [0, 0.05) is 0 Å². The first kappa shape index (κ1) is 10.4. The van der Waals surface area contributed by atoms with Crippen LogP contribution in [-0.2, 0) is 11.2 Å². The number of benzene rings is 1. The van der Waals surface area contributed by atoms with Crippen LogP contribution in [0, 0.1) is 0 Å². The molecule has 0 atom stereocenters. The van der Waals surface area contributed by atoms with Gasteiger partial charge in [-0.3, -0.25) is 10.0 Å². The van der Waals surface area contributed by atoms with E-state index in [4.69, 9.17) is 5.21 Å². The molecule has 0 heterocycles. The molecule has 0 unspecified atom stereocenters. The summed E-state index contributed by atoms with van der Waals surface area (Å²) in [6, 6.07) is 9.14. The van der Waals surface area contributed by atoms with Crippen molar-refractivity contribution in [2.45, 2.75) is 6.42 Å². The smallest absolute Gasteiger partial charge is 0.288 e. The normalized spacial score (nSPS) is 11.1. The van der Waals surface area contributed by atoms with Gasteiger partial charge in [-0.05, 0) is 18.1 Å². The minimum atomic E-state index is -1.12. The van der Waals surface area contributed by atoms with Gasteiger partial charge in [0.2, 0.25) is 0 Å². The Labute approximate surface area is 80.8 Å².